The molecule has 1 aliphatic rings. The van der Waals surface area contributed by atoms with Gasteiger partial charge in [0.1, 0.15) is 24.5 Å². The molecule has 0 radical (unpaired) electrons. The molecular weight excluding hydrogens is 977 g/mol. The van der Waals surface area contributed by atoms with Crippen LogP contribution in [0, 0.1) is 5.92 Å². The number of amides is 9. The first-order valence-corrected chi connectivity index (χ1v) is 24.9. The summed E-state index contributed by atoms with van der Waals surface area (Å²) in [5, 5.41) is 16.4. The molecule has 2 aromatic carbocycles. The number of imidazole rings is 1. The normalized spacial score (nSPS) is 12.8. The molecule has 0 aliphatic carbocycles. The molecule has 0 bridgehead atoms. The van der Waals surface area contributed by atoms with E-state index in [-0.39, 0.29) is 80.2 Å². The number of primary amides is 1. The van der Waals surface area contributed by atoms with Gasteiger partial charge in [0.25, 0.3) is 17.7 Å². The number of ether oxygens (including phenoxy) is 1. The van der Waals surface area contributed by atoms with E-state index in [1.807, 2.05) is 48.9 Å². The Morgan fingerprint density at radius 1 is 0.750 bits per heavy atom. The molecule has 23 nitrogen and oxygen atoms in total. The van der Waals surface area contributed by atoms with Crippen molar-refractivity contribution in [3.05, 3.63) is 120 Å². The number of anilines is 3. The summed E-state index contributed by atoms with van der Waals surface area (Å²) in [4.78, 5) is 120. The number of nitrogens with one attached hydrogen (secondary N) is 6. The van der Waals surface area contributed by atoms with Gasteiger partial charge in [-0.15, -0.1) is 0 Å². The van der Waals surface area contributed by atoms with E-state index >= 15 is 0 Å². The van der Waals surface area contributed by atoms with Crippen molar-refractivity contribution in [3.8, 4) is 16.9 Å². The Bertz CT molecular complexity index is 2890. The van der Waals surface area contributed by atoms with E-state index in [1.54, 1.807) is 62.8 Å². The Kier molecular flexibility index (Phi) is 20.2. The predicted molar refractivity (Wildman–Crippen MR) is 282 cm³/mol. The lowest BCUT2D eigenvalue weighted by Gasteiger charge is -2.25. The summed E-state index contributed by atoms with van der Waals surface area (Å²) < 4.78 is 7.31. The number of nitrogen functional groups attached to an aromatic ring is 1. The Morgan fingerprint density at radius 3 is 2.17 bits per heavy atom. The van der Waals surface area contributed by atoms with E-state index in [0.717, 1.165) is 16.3 Å². The van der Waals surface area contributed by atoms with Crippen LogP contribution < -0.4 is 43.4 Å². The molecule has 0 saturated heterocycles. The van der Waals surface area contributed by atoms with Crippen LogP contribution in [-0.2, 0) is 41.7 Å². The number of carbonyl (C=O) groups excluding carboxylic acids is 8. The maximum Gasteiger partial charge on any atom is 0.407 e. The summed E-state index contributed by atoms with van der Waals surface area (Å²) in [6.07, 6.45) is 12.6. The van der Waals surface area contributed by atoms with Crippen LogP contribution in [0.4, 0.5) is 26.8 Å². The smallest absolute Gasteiger partial charge is 0.407 e. The van der Waals surface area contributed by atoms with Crippen LogP contribution in [0.25, 0.3) is 16.9 Å². The number of unbranched alkanes of at least 4 members (excludes halogenated alkanes) is 2. The Hall–Kier alpha value is -9.02. The molecule has 4 heterocycles. The van der Waals surface area contributed by atoms with Gasteiger partial charge >= 0.3 is 12.1 Å². The van der Waals surface area contributed by atoms with E-state index in [2.05, 4.69) is 51.8 Å². The zero-order chi connectivity index (χ0) is 54.7. The van der Waals surface area contributed by atoms with Crippen molar-refractivity contribution in [3.63, 3.8) is 0 Å². The van der Waals surface area contributed by atoms with E-state index in [9.17, 15) is 38.4 Å². The lowest BCUT2D eigenvalue weighted by atomic mass is 10.0. The Labute approximate surface area is 439 Å². The first-order chi connectivity index (χ1) is 36.5. The molecule has 76 heavy (non-hydrogen) atoms. The molecule has 9 amide bonds. The molecule has 2 atom stereocenters. The third kappa shape index (κ3) is 16.2. The Morgan fingerprint density at radius 2 is 1.47 bits per heavy atom. The molecule has 1 unspecified atom stereocenters. The molecule has 6 rings (SSSR count). The topological polar surface area (TPSA) is 330 Å². The number of rotatable bonds is 26. The van der Waals surface area contributed by atoms with Crippen LogP contribution in [0.5, 0.6) is 0 Å². The number of benzene rings is 2. The highest BCUT2D eigenvalue weighted by atomic mass is 16.5. The highest BCUT2D eigenvalue weighted by Gasteiger charge is 2.29. The molecule has 3 aromatic heterocycles. The summed E-state index contributed by atoms with van der Waals surface area (Å²) in [6, 6.07) is 13.0. The van der Waals surface area contributed by atoms with Gasteiger partial charge in [0, 0.05) is 74.0 Å². The summed E-state index contributed by atoms with van der Waals surface area (Å²) >= 11 is 0. The van der Waals surface area contributed by atoms with E-state index in [4.69, 9.17) is 16.2 Å². The van der Waals surface area contributed by atoms with Crippen molar-refractivity contribution in [2.75, 3.05) is 36.0 Å². The number of hydrogen-bond donors (Lipinski definition) is 8. The maximum absolute atomic E-state index is 13.6. The number of imide groups is 1. The van der Waals surface area contributed by atoms with Gasteiger partial charge in [0.15, 0.2) is 11.5 Å². The van der Waals surface area contributed by atoms with Gasteiger partial charge in [0.2, 0.25) is 17.7 Å². The number of nitrogens with two attached hydrogens (primary N) is 2. The monoisotopic (exact) mass is 1040 g/mol. The van der Waals surface area contributed by atoms with Gasteiger partial charge in [-0.05, 0) is 67.3 Å². The molecule has 400 valence electrons. The van der Waals surface area contributed by atoms with Gasteiger partial charge in [-0.3, -0.25) is 38.7 Å². The number of pyridine rings is 1. The van der Waals surface area contributed by atoms with Crippen molar-refractivity contribution in [2.45, 2.75) is 97.2 Å². The van der Waals surface area contributed by atoms with Crippen molar-refractivity contribution in [1.82, 2.24) is 50.7 Å². The molecule has 0 saturated carbocycles. The number of alkyl carbamates (subject to hydrolysis) is 1. The van der Waals surface area contributed by atoms with Gasteiger partial charge < -0.3 is 52.7 Å². The number of aromatic nitrogens is 5. The number of carbonyl (C=O) groups is 8. The lowest BCUT2D eigenvalue weighted by molar-refractivity contribution is -0.137. The van der Waals surface area contributed by atoms with Crippen LogP contribution in [0.1, 0.15) is 99.6 Å². The standard InChI is InChI=1S/C53H64N14O9/c1-32(2)45(65-42(68)10-6-5-7-27-67-43(69)19-20-44(67)70)50(72)63-38(9-8-23-58-52(55)74)49(71)61-37-17-13-35(14-18-37)31-76-53(75)59-25-21-34-11-15-36(16-12-34)39-30-60-47(54)46(62-39)51(73)64-40-29-56-24-22-41(40)66-28-26-57-48(66)33(3)4/h11-20,22,24,26,28-30,32-33,38,45H,5-10,21,23,25,27,31H2,1-4H3,(H2,54,60)(H,59,75)(H,61,71)(H,63,72)(H,64,73)(H,65,68)(H3,55,58,74)/t38-,45?/m0/s1. The van der Waals surface area contributed by atoms with Crippen molar-refractivity contribution >= 4 is 64.8 Å². The highest BCUT2D eigenvalue weighted by molar-refractivity contribution is 6.13. The van der Waals surface area contributed by atoms with Gasteiger partial charge in [0.05, 0.1) is 29.5 Å². The quantitative estimate of drug-likeness (QED) is 0.0276. The molecule has 0 spiro atoms. The van der Waals surface area contributed by atoms with E-state index in [0.29, 0.717) is 66.0 Å². The number of nitrogens with zero attached hydrogens (tertiary/aromatic N) is 6. The van der Waals surface area contributed by atoms with Gasteiger partial charge in [-0.1, -0.05) is 70.5 Å². The third-order valence-corrected chi connectivity index (χ3v) is 12.1. The minimum Gasteiger partial charge on any atom is -0.445 e. The number of urea groups is 1. The maximum atomic E-state index is 13.6. The van der Waals surface area contributed by atoms with Gasteiger partial charge in [-0.2, -0.15) is 0 Å². The lowest BCUT2D eigenvalue weighted by Crippen LogP contribution is -2.54. The zero-order valence-electron chi connectivity index (χ0n) is 42.8. The summed E-state index contributed by atoms with van der Waals surface area (Å²) in [6.45, 7) is 8.20. The summed E-state index contributed by atoms with van der Waals surface area (Å²) in [7, 11) is 0. The fraction of sp³-hybridized carbons (Fsp3) is 0.358. The largest absolute Gasteiger partial charge is 0.445 e. The fourth-order valence-corrected chi connectivity index (χ4v) is 8.00. The minimum atomic E-state index is -1.05. The molecular formula is C53H64N14O9. The molecule has 0 fully saturated rings. The van der Waals surface area contributed by atoms with Crippen molar-refractivity contribution in [1.29, 1.82) is 0 Å². The van der Waals surface area contributed by atoms with Crippen LogP contribution in [-0.4, -0.2) is 109 Å². The zero-order valence-corrected chi connectivity index (χ0v) is 42.8. The van der Waals surface area contributed by atoms with Crippen LogP contribution >= 0.6 is 0 Å². The van der Waals surface area contributed by atoms with Crippen LogP contribution in [0.15, 0.2) is 97.7 Å². The molecule has 23 heteroatoms. The fourth-order valence-electron chi connectivity index (χ4n) is 8.00. The third-order valence-electron chi connectivity index (χ3n) is 12.1. The Balaban J connectivity index is 0.942. The van der Waals surface area contributed by atoms with Crippen molar-refractivity contribution in [2.24, 2.45) is 11.7 Å². The van der Waals surface area contributed by atoms with E-state index in [1.165, 1.54) is 18.3 Å². The summed E-state index contributed by atoms with van der Waals surface area (Å²) in [5.41, 5.74) is 15.5. The first kappa shape index (κ1) is 56.3. The first-order valence-electron chi connectivity index (χ1n) is 24.9. The summed E-state index contributed by atoms with van der Waals surface area (Å²) in [5.74, 6) is -2.18. The SMILES string of the molecule is CC(C)c1nccn1-c1ccncc1NC(=O)c1nc(-c2ccc(CCNC(=O)OCc3ccc(NC(=O)[C@H](CCCNC(N)=O)NC(=O)C(NC(=O)CCCCCN4C(=O)C=CC4=O)C(C)C)cc3)cc2)cnc1N. The second kappa shape index (κ2) is 27.3. The second-order valence-corrected chi connectivity index (χ2v) is 18.5. The minimum absolute atomic E-state index is 0.0392. The van der Waals surface area contributed by atoms with Crippen molar-refractivity contribution < 1.29 is 43.1 Å². The van der Waals surface area contributed by atoms with E-state index < -0.39 is 41.9 Å². The average Bonchev–Trinajstić information content (AvgIpc) is 4.02. The second-order valence-electron chi connectivity index (χ2n) is 18.5. The van der Waals surface area contributed by atoms with Crippen LogP contribution in [0.2, 0.25) is 0 Å². The molecule has 10 N–H and O–H groups in total. The average molecular weight is 1040 g/mol. The van der Waals surface area contributed by atoms with Gasteiger partial charge in [-0.25, -0.2) is 24.5 Å². The predicted octanol–water partition coefficient (Wildman–Crippen LogP) is 4.65. The molecule has 5 aromatic rings. The molecule has 1 aliphatic heterocycles. The van der Waals surface area contributed by atoms with Crippen LogP contribution in [0.3, 0.4) is 0 Å². The highest BCUT2D eigenvalue weighted by Crippen LogP contribution is 2.26. The number of hydrogen-bond acceptors (Lipinski definition) is 14.